The molecular weight excluding hydrogens is 817 g/mol. The number of unbranched alkanes of at least 4 members (excludes halogenated alkanes) is 30. The van der Waals surface area contributed by atoms with Crippen molar-refractivity contribution in [2.75, 3.05) is 13.2 Å². The summed E-state index contributed by atoms with van der Waals surface area (Å²) in [5.74, 6) is -0.893. The second kappa shape index (κ2) is 54.7. The van der Waals surface area contributed by atoms with E-state index in [-0.39, 0.29) is 31.1 Å². The summed E-state index contributed by atoms with van der Waals surface area (Å²) >= 11 is 0. The molecule has 66 heavy (non-hydrogen) atoms. The first-order valence-corrected chi connectivity index (χ1v) is 28.3. The Morgan fingerprint density at radius 2 is 0.591 bits per heavy atom. The fourth-order valence-electron chi connectivity index (χ4n) is 8.06. The maximum Gasteiger partial charge on any atom is 0.306 e. The third kappa shape index (κ3) is 52.1. The molecule has 0 radical (unpaired) electrons. The average Bonchev–Trinajstić information content (AvgIpc) is 3.31. The maximum atomic E-state index is 12.8. The average molecular weight is 924 g/mol. The number of carbonyl (C=O) groups is 3. The molecule has 0 amide bonds. The van der Waals surface area contributed by atoms with Gasteiger partial charge in [-0.2, -0.15) is 0 Å². The molecule has 382 valence electrons. The molecule has 0 fully saturated rings. The zero-order valence-corrected chi connectivity index (χ0v) is 43.7. The second-order valence-corrected chi connectivity index (χ2v) is 18.8. The molecule has 0 aromatic carbocycles. The van der Waals surface area contributed by atoms with Crippen LogP contribution in [0, 0.1) is 0 Å². The quantitative estimate of drug-likeness (QED) is 0.0262. The molecule has 0 saturated carbocycles. The van der Waals surface area contributed by atoms with E-state index < -0.39 is 6.10 Å². The van der Waals surface area contributed by atoms with Gasteiger partial charge in [-0.1, -0.05) is 261 Å². The fourth-order valence-corrected chi connectivity index (χ4v) is 8.06. The predicted molar refractivity (Wildman–Crippen MR) is 284 cm³/mol. The van der Waals surface area contributed by atoms with E-state index in [1.807, 2.05) is 0 Å². The summed E-state index contributed by atoms with van der Waals surface area (Å²) in [7, 11) is 0. The summed E-state index contributed by atoms with van der Waals surface area (Å²) in [4.78, 5) is 37.9. The first kappa shape index (κ1) is 63.1. The molecule has 0 saturated heterocycles. The lowest BCUT2D eigenvalue weighted by Crippen LogP contribution is -2.30. The summed E-state index contributed by atoms with van der Waals surface area (Å²) in [6.45, 7) is 6.50. The van der Waals surface area contributed by atoms with Crippen LogP contribution in [0.25, 0.3) is 0 Å². The maximum absolute atomic E-state index is 12.8. The third-order valence-electron chi connectivity index (χ3n) is 12.3. The Morgan fingerprint density at radius 3 is 0.924 bits per heavy atom. The van der Waals surface area contributed by atoms with Crippen molar-refractivity contribution in [1.29, 1.82) is 0 Å². The van der Waals surface area contributed by atoms with E-state index in [0.717, 1.165) is 109 Å². The second-order valence-electron chi connectivity index (χ2n) is 18.8. The molecule has 0 aliphatic heterocycles. The number of rotatable bonds is 51. The molecule has 1 unspecified atom stereocenters. The first-order valence-electron chi connectivity index (χ1n) is 28.3. The van der Waals surface area contributed by atoms with E-state index in [0.29, 0.717) is 19.3 Å². The van der Waals surface area contributed by atoms with Crippen LogP contribution in [0.3, 0.4) is 0 Å². The number of allylic oxidation sites excluding steroid dienone is 10. The van der Waals surface area contributed by atoms with Gasteiger partial charge in [0.25, 0.3) is 0 Å². The highest BCUT2D eigenvalue weighted by atomic mass is 16.6. The monoisotopic (exact) mass is 923 g/mol. The normalized spacial score (nSPS) is 12.5. The summed E-state index contributed by atoms with van der Waals surface area (Å²) in [5.41, 5.74) is 0. The van der Waals surface area contributed by atoms with E-state index in [1.165, 1.54) is 135 Å². The molecule has 0 aromatic heterocycles. The first-order chi connectivity index (χ1) is 32.5. The van der Waals surface area contributed by atoms with Crippen molar-refractivity contribution in [3.05, 3.63) is 60.8 Å². The van der Waals surface area contributed by atoms with Crippen LogP contribution in [-0.2, 0) is 28.6 Å². The zero-order valence-electron chi connectivity index (χ0n) is 43.7. The Balaban J connectivity index is 4.22. The summed E-state index contributed by atoms with van der Waals surface area (Å²) in [6.07, 6.45) is 68.0. The minimum atomic E-state index is -0.777. The van der Waals surface area contributed by atoms with Crippen LogP contribution < -0.4 is 0 Å². The topological polar surface area (TPSA) is 78.9 Å². The Hall–Kier alpha value is -2.89. The highest BCUT2D eigenvalue weighted by Gasteiger charge is 2.19. The molecule has 0 spiro atoms. The van der Waals surface area contributed by atoms with E-state index in [2.05, 4.69) is 81.5 Å². The number of esters is 3. The van der Waals surface area contributed by atoms with Crippen molar-refractivity contribution in [2.45, 2.75) is 290 Å². The highest BCUT2D eigenvalue weighted by Crippen LogP contribution is 2.16. The number of hydrogen-bond acceptors (Lipinski definition) is 6. The largest absolute Gasteiger partial charge is 0.462 e. The van der Waals surface area contributed by atoms with Crippen LogP contribution in [0.1, 0.15) is 284 Å². The molecule has 0 aromatic rings. The van der Waals surface area contributed by atoms with Crippen molar-refractivity contribution >= 4 is 17.9 Å². The van der Waals surface area contributed by atoms with Gasteiger partial charge in [0.15, 0.2) is 6.10 Å². The van der Waals surface area contributed by atoms with Crippen LogP contribution in [0.4, 0.5) is 0 Å². The smallest absolute Gasteiger partial charge is 0.306 e. The lowest BCUT2D eigenvalue weighted by Gasteiger charge is -2.18. The van der Waals surface area contributed by atoms with Gasteiger partial charge >= 0.3 is 17.9 Å². The van der Waals surface area contributed by atoms with E-state index in [1.54, 1.807) is 0 Å². The van der Waals surface area contributed by atoms with Gasteiger partial charge < -0.3 is 14.2 Å². The molecule has 0 aliphatic rings. The van der Waals surface area contributed by atoms with Crippen LogP contribution in [0.2, 0.25) is 0 Å². The Labute approximate surface area is 409 Å². The Morgan fingerprint density at radius 1 is 0.318 bits per heavy atom. The Kier molecular flexibility index (Phi) is 52.3. The van der Waals surface area contributed by atoms with E-state index in [4.69, 9.17) is 14.2 Å². The molecule has 1 atom stereocenters. The van der Waals surface area contributed by atoms with Gasteiger partial charge in [-0.15, -0.1) is 0 Å². The van der Waals surface area contributed by atoms with Crippen LogP contribution >= 0.6 is 0 Å². The number of ether oxygens (including phenoxy) is 3. The summed E-state index contributed by atoms with van der Waals surface area (Å²) in [6, 6.07) is 0. The third-order valence-corrected chi connectivity index (χ3v) is 12.3. The van der Waals surface area contributed by atoms with Gasteiger partial charge in [0.1, 0.15) is 13.2 Å². The highest BCUT2D eigenvalue weighted by molar-refractivity contribution is 5.71. The number of carbonyl (C=O) groups excluding carboxylic acids is 3. The fraction of sp³-hybridized carbons (Fsp3) is 0.783. The molecule has 0 heterocycles. The van der Waals surface area contributed by atoms with E-state index >= 15 is 0 Å². The van der Waals surface area contributed by atoms with Crippen molar-refractivity contribution in [3.8, 4) is 0 Å². The lowest BCUT2D eigenvalue weighted by atomic mass is 10.0. The van der Waals surface area contributed by atoms with Gasteiger partial charge in [-0.3, -0.25) is 14.4 Å². The molecule has 0 aliphatic carbocycles. The van der Waals surface area contributed by atoms with Crippen molar-refractivity contribution < 1.29 is 28.6 Å². The van der Waals surface area contributed by atoms with Gasteiger partial charge in [0.05, 0.1) is 0 Å². The SMILES string of the molecule is CC/C=C\C/C=C\C/C=C\C/C=C\C/C=C\CCCCCCCC(=O)OCC(COC(=O)CCCCCCCCC)OC(=O)CCCCCCCCCCCCCCCCCCCCCC. The van der Waals surface area contributed by atoms with Crippen molar-refractivity contribution in [1.82, 2.24) is 0 Å². The summed E-state index contributed by atoms with van der Waals surface area (Å²) in [5, 5.41) is 0. The molecular formula is C60H106O6. The summed E-state index contributed by atoms with van der Waals surface area (Å²) < 4.78 is 16.8. The standard InChI is InChI=1S/C60H106O6/c1-4-7-10-13-16-18-20-22-24-26-28-30-32-33-35-37-39-41-44-47-50-53-59(62)65-56-57(55-64-58(61)52-49-46-43-15-12-9-6-3)66-60(63)54-51-48-45-42-40-38-36-34-31-29-27-25-23-21-19-17-14-11-8-5-2/h7,10,16,18,22,24,28,30,33,35,57H,4-6,8-9,11-15,17,19-21,23,25-27,29,31-32,34,36-56H2,1-3H3/b10-7-,18-16-,24-22-,30-28-,35-33-. The Bertz CT molecular complexity index is 1200. The van der Waals surface area contributed by atoms with Gasteiger partial charge in [0.2, 0.25) is 0 Å². The minimum absolute atomic E-state index is 0.0779. The predicted octanol–water partition coefficient (Wildman–Crippen LogP) is 18.8. The molecule has 0 rings (SSSR count). The van der Waals surface area contributed by atoms with Crippen LogP contribution in [0.5, 0.6) is 0 Å². The van der Waals surface area contributed by atoms with Gasteiger partial charge in [0, 0.05) is 19.3 Å². The van der Waals surface area contributed by atoms with E-state index in [9.17, 15) is 14.4 Å². The number of hydrogen-bond donors (Lipinski definition) is 0. The zero-order chi connectivity index (χ0) is 47.9. The van der Waals surface area contributed by atoms with Crippen molar-refractivity contribution in [2.24, 2.45) is 0 Å². The van der Waals surface area contributed by atoms with Gasteiger partial charge in [-0.25, -0.2) is 0 Å². The van der Waals surface area contributed by atoms with Crippen LogP contribution in [0.15, 0.2) is 60.8 Å². The molecule has 0 N–H and O–H groups in total. The molecule has 6 nitrogen and oxygen atoms in total. The van der Waals surface area contributed by atoms with Crippen LogP contribution in [-0.4, -0.2) is 37.2 Å². The molecule has 0 bridgehead atoms. The van der Waals surface area contributed by atoms with Gasteiger partial charge in [-0.05, 0) is 64.2 Å². The minimum Gasteiger partial charge on any atom is -0.462 e. The molecule has 6 heteroatoms. The lowest BCUT2D eigenvalue weighted by molar-refractivity contribution is -0.167. The van der Waals surface area contributed by atoms with Crippen molar-refractivity contribution in [3.63, 3.8) is 0 Å².